The van der Waals surface area contributed by atoms with Crippen molar-refractivity contribution in [1.29, 1.82) is 0 Å². The summed E-state index contributed by atoms with van der Waals surface area (Å²) < 4.78 is 24.1. The third-order valence-electron chi connectivity index (χ3n) is 5.36. The van der Waals surface area contributed by atoms with E-state index in [9.17, 15) is 14.0 Å². The monoisotopic (exact) mass is 486 g/mol. The van der Waals surface area contributed by atoms with Gasteiger partial charge in [-0.2, -0.15) is 0 Å². The van der Waals surface area contributed by atoms with E-state index >= 15 is 0 Å². The molecule has 5 rings (SSSR count). The van der Waals surface area contributed by atoms with Gasteiger partial charge in [-0.15, -0.1) is 0 Å². The third kappa shape index (κ3) is 4.84. The summed E-state index contributed by atoms with van der Waals surface area (Å²) in [6.07, 6.45) is 1.92. The predicted octanol–water partition coefficient (Wildman–Crippen LogP) is 4.15. The van der Waals surface area contributed by atoms with Gasteiger partial charge in [0.2, 0.25) is 0 Å². The number of benzene rings is 2. The Morgan fingerprint density at radius 3 is 1.77 bits per heavy atom. The number of nitrogens with one attached hydrogen (secondary N) is 2. The Morgan fingerprint density at radius 2 is 1.29 bits per heavy atom. The number of rotatable bonds is 8. The molecular weight excluding hydrogens is 470 g/mol. The molecule has 0 radical (unpaired) electrons. The smallest absolute Gasteiger partial charge is 0.258 e. The first-order chi connectivity index (χ1) is 14.7. The zero-order valence-electron chi connectivity index (χ0n) is 16.1. The minimum Gasteiger partial charge on any atom is -0.484 e. The number of amides is 2. The Labute approximate surface area is 192 Å². The van der Waals surface area contributed by atoms with E-state index in [1.165, 1.54) is 12.1 Å². The van der Waals surface area contributed by atoms with Gasteiger partial charge >= 0.3 is 0 Å². The molecule has 0 aliphatic heterocycles. The van der Waals surface area contributed by atoms with Crippen LogP contribution in [0.4, 0.5) is 4.39 Å². The van der Waals surface area contributed by atoms with Gasteiger partial charge in [0.05, 0.1) is 15.1 Å². The van der Waals surface area contributed by atoms with Crippen LogP contribution in [-0.2, 0) is 9.59 Å². The summed E-state index contributed by atoms with van der Waals surface area (Å²) in [6, 6.07) is 8.75. The topological polar surface area (TPSA) is 76.7 Å². The number of hydrogen-bond acceptors (Lipinski definition) is 4. The highest BCUT2D eigenvalue weighted by Crippen LogP contribution is 2.60. The molecule has 31 heavy (non-hydrogen) atoms. The van der Waals surface area contributed by atoms with Gasteiger partial charge in [0.15, 0.2) is 13.2 Å². The lowest BCUT2D eigenvalue weighted by Gasteiger charge is -2.70. The molecule has 6 nitrogen and oxygen atoms in total. The van der Waals surface area contributed by atoms with E-state index in [1.54, 1.807) is 18.2 Å². The molecule has 3 aliphatic carbocycles. The average Bonchev–Trinajstić information content (AvgIpc) is 2.67. The Balaban J connectivity index is 1.17. The average molecular weight is 488 g/mol. The van der Waals surface area contributed by atoms with Gasteiger partial charge in [-0.05, 0) is 43.5 Å². The Bertz CT molecular complexity index is 950. The van der Waals surface area contributed by atoms with Crippen molar-refractivity contribution in [2.24, 2.45) is 0 Å². The molecular formula is C21H18Cl3FN2O4. The van der Waals surface area contributed by atoms with Crippen molar-refractivity contribution >= 4 is 46.6 Å². The molecule has 2 bridgehead atoms. The minimum absolute atomic E-state index is 0.0135. The van der Waals surface area contributed by atoms with Gasteiger partial charge in [0, 0.05) is 23.2 Å². The van der Waals surface area contributed by atoms with Gasteiger partial charge in [-0.3, -0.25) is 9.59 Å². The first-order valence-corrected chi connectivity index (χ1v) is 10.6. The Kier molecular flexibility index (Phi) is 5.94. The van der Waals surface area contributed by atoms with E-state index in [0.717, 1.165) is 6.07 Å². The standard InChI is InChI=1S/C21H18Cl3FN2O4/c22-14-3-1-12(5-16(14)24)30-7-18(28)26-20-9-21(10-20,11-20)27-19(29)8-31-13-2-4-15(23)17(25)6-13/h1-6H,7-11H2,(H,26,28)(H,27,29). The van der Waals surface area contributed by atoms with E-state index in [1.807, 2.05) is 0 Å². The summed E-state index contributed by atoms with van der Waals surface area (Å²) in [4.78, 5) is 24.4. The number of ether oxygens (including phenoxy) is 2. The van der Waals surface area contributed by atoms with Gasteiger partial charge in [-0.1, -0.05) is 34.8 Å². The van der Waals surface area contributed by atoms with E-state index in [4.69, 9.17) is 44.3 Å². The first kappa shape index (κ1) is 22.0. The van der Waals surface area contributed by atoms with Gasteiger partial charge in [0.1, 0.15) is 17.3 Å². The number of carbonyl (C=O) groups excluding carboxylic acids is 2. The van der Waals surface area contributed by atoms with Crippen LogP contribution >= 0.6 is 34.8 Å². The molecule has 2 aromatic carbocycles. The van der Waals surface area contributed by atoms with Crippen LogP contribution < -0.4 is 20.1 Å². The maximum atomic E-state index is 13.4. The summed E-state index contributed by atoms with van der Waals surface area (Å²) in [5, 5.41) is 6.63. The summed E-state index contributed by atoms with van der Waals surface area (Å²) in [5.41, 5.74) is -0.644. The van der Waals surface area contributed by atoms with Crippen molar-refractivity contribution in [3.05, 3.63) is 57.3 Å². The molecule has 0 atom stereocenters. The van der Waals surface area contributed by atoms with Crippen LogP contribution in [0.5, 0.6) is 11.5 Å². The summed E-state index contributed by atoms with van der Waals surface area (Å²) in [6.45, 7) is -0.385. The lowest BCUT2D eigenvalue weighted by molar-refractivity contribution is -0.151. The summed E-state index contributed by atoms with van der Waals surface area (Å²) in [5.74, 6) is -0.497. The molecule has 0 saturated heterocycles. The molecule has 164 valence electrons. The van der Waals surface area contributed by atoms with Gasteiger partial charge in [-0.25, -0.2) is 4.39 Å². The fourth-order valence-electron chi connectivity index (χ4n) is 4.15. The summed E-state index contributed by atoms with van der Waals surface area (Å²) >= 11 is 17.4. The molecule has 2 aromatic rings. The van der Waals surface area contributed by atoms with Crippen LogP contribution in [0.2, 0.25) is 15.1 Å². The highest BCUT2D eigenvalue weighted by atomic mass is 35.5. The summed E-state index contributed by atoms with van der Waals surface area (Å²) in [7, 11) is 0. The largest absolute Gasteiger partial charge is 0.484 e. The lowest BCUT2D eigenvalue weighted by Crippen LogP contribution is -2.84. The third-order valence-corrected chi connectivity index (χ3v) is 6.41. The number of carbonyl (C=O) groups is 2. The zero-order valence-corrected chi connectivity index (χ0v) is 18.4. The minimum atomic E-state index is -0.611. The van der Waals surface area contributed by atoms with Crippen molar-refractivity contribution in [2.45, 2.75) is 30.3 Å². The number of halogens is 4. The second-order valence-corrected chi connectivity index (χ2v) is 9.14. The maximum absolute atomic E-state index is 13.4. The zero-order chi connectivity index (χ0) is 22.2. The molecule has 0 aromatic heterocycles. The van der Waals surface area contributed by atoms with Crippen molar-refractivity contribution in [1.82, 2.24) is 10.6 Å². The van der Waals surface area contributed by atoms with Gasteiger partial charge < -0.3 is 20.1 Å². The quantitative estimate of drug-likeness (QED) is 0.586. The predicted molar refractivity (Wildman–Crippen MR) is 114 cm³/mol. The van der Waals surface area contributed by atoms with Crippen molar-refractivity contribution in [3.63, 3.8) is 0 Å². The Hall–Kier alpha value is -2.22. The van der Waals surface area contributed by atoms with E-state index < -0.39 is 5.82 Å². The molecule has 0 unspecified atom stereocenters. The van der Waals surface area contributed by atoms with Gasteiger partial charge in [0.25, 0.3) is 11.8 Å². The van der Waals surface area contributed by atoms with Crippen LogP contribution in [0.3, 0.4) is 0 Å². The van der Waals surface area contributed by atoms with Crippen LogP contribution in [0.15, 0.2) is 36.4 Å². The molecule has 2 N–H and O–H groups in total. The van der Waals surface area contributed by atoms with E-state index in [0.29, 0.717) is 35.1 Å². The highest BCUT2D eigenvalue weighted by Gasteiger charge is 2.69. The van der Waals surface area contributed by atoms with Crippen molar-refractivity contribution in [2.75, 3.05) is 13.2 Å². The van der Waals surface area contributed by atoms with Crippen LogP contribution in [-0.4, -0.2) is 36.1 Å². The van der Waals surface area contributed by atoms with Crippen LogP contribution in [0.1, 0.15) is 19.3 Å². The maximum Gasteiger partial charge on any atom is 0.258 e. The molecule has 0 spiro atoms. The molecule has 10 heteroatoms. The first-order valence-electron chi connectivity index (χ1n) is 9.45. The van der Waals surface area contributed by atoms with E-state index in [-0.39, 0.29) is 46.9 Å². The lowest BCUT2D eigenvalue weighted by atomic mass is 9.44. The molecule has 0 heterocycles. The fourth-order valence-corrected chi connectivity index (χ4v) is 4.55. The SMILES string of the molecule is O=C(COc1ccc(Cl)c(F)c1)NC12CC(NC(=O)COc3ccc(Cl)c(Cl)c3)(C1)C2. The highest BCUT2D eigenvalue weighted by molar-refractivity contribution is 6.42. The Morgan fingerprint density at radius 1 is 0.806 bits per heavy atom. The molecule has 3 aliphatic rings. The molecule has 3 saturated carbocycles. The number of hydrogen-bond donors (Lipinski definition) is 2. The fraction of sp³-hybridized carbons (Fsp3) is 0.333. The van der Waals surface area contributed by atoms with E-state index in [2.05, 4.69) is 10.6 Å². The molecule has 2 amide bonds. The molecule has 3 fully saturated rings. The second kappa shape index (κ2) is 8.37. The van der Waals surface area contributed by atoms with Crippen molar-refractivity contribution < 1.29 is 23.5 Å². The van der Waals surface area contributed by atoms with Crippen molar-refractivity contribution in [3.8, 4) is 11.5 Å². The van der Waals surface area contributed by atoms with Crippen LogP contribution in [0.25, 0.3) is 0 Å². The second-order valence-electron chi connectivity index (χ2n) is 7.92. The van der Waals surface area contributed by atoms with Crippen LogP contribution in [0, 0.1) is 5.82 Å². The normalized spacial score (nSPS) is 23.2.